The van der Waals surface area contributed by atoms with E-state index in [2.05, 4.69) is 15.5 Å². The highest BCUT2D eigenvalue weighted by Crippen LogP contribution is 2.44. The summed E-state index contributed by atoms with van der Waals surface area (Å²) in [6.07, 6.45) is -0.00440. The van der Waals surface area contributed by atoms with Crippen molar-refractivity contribution in [3.63, 3.8) is 0 Å². The van der Waals surface area contributed by atoms with Crippen LogP contribution in [-0.4, -0.2) is 73.0 Å². The number of anilines is 1. The van der Waals surface area contributed by atoms with Crippen molar-refractivity contribution in [1.29, 1.82) is 0 Å². The van der Waals surface area contributed by atoms with Crippen molar-refractivity contribution in [3.8, 4) is 5.75 Å². The third kappa shape index (κ3) is 4.91. The van der Waals surface area contributed by atoms with E-state index in [1.54, 1.807) is 13.2 Å². The molecule has 0 spiro atoms. The first-order chi connectivity index (χ1) is 14.1. The minimum absolute atomic E-state index is 0.187. The average Bonchev–Trinajstić information content (AvgIpc) is 3.00. The Hall–Kier alpha value is -2.23. The number of hydrogen-bond acceptors (Lipinski definition) is 6. The van der Waals surface area contributed by atoms with Crippen LogP contribution >= 0.6 is 11.6 Å². The largest absolute Gasteiger partial charge is 0.486 e. The molecule has 0 saturated carbocycles. The molecule has 1 saturated heterocycles. The first-order valence-electron chi connectivity index (χ1n) is 9.94. The number of rotatable bonds is 6. The van der Waals surface area contributed by atoms with Crippen LogP contribution in [0.15, 0.2) is 6.07 Å². The van der Waals surface area contributed by atoms with E-state index in [1.807, 2.05) is 13.8 Å². The number of amides is 2. The van der Waals surface area contributed by atoms with Gasteiger partial charge >= 0.3 is 6.09 Å². The molecule has 1 aromatic rings. The Bertz CT molecular complexity index is 832. The summed E-state index contributed by atoms with van der Waals surface area (Å²) >= 11 is 6.28. The zero-order valence-electron chi connectivity index (χ0n) is 17.5. The molecule has 9 nitrogen and oxygen atoms in total. The summed E-state index contributed by atoms with van der Waals surface area (Å²) in [6.45, 7) is 6.11. The van der Waals surface area contributed by atoms with Crippen molar-refractivity contribution < 1.29 is 24.2 Å². The molecule has 3 rings (SSSR count). The first-order valence-corrected chi connectivity index (χ1v) is 10.3. The van der Waals surface area contributed by atoms with Gasteiger partial charge in [-0.1, -0.05) is 11.6 Å². The van der Waals surface area contributed by atoms with Gasteiger partial charge in [-0.05, 0) is 26.3 Å². The maximum atomic E-state index is 13.1. The number of likely N-dealkylation sites (tertiary alicyclic amines) is 1. The second kappa shape index (κ2) is 8.87. The van der Waals surface area contributed by atoms with E-state index in [4.69, 9.17) is 31.9 Å². The van der Waals surface area contributed by atoms with E-state index >= 15 is 0 Å². The van der Waals surface area contributed by atoms with Crippen LogP contribution in [0.5, 0.6) is 5.75 Å². The number of nitrogens with zero attached hydrogens (tertiary/aromatic N) is 1. The summed E-state index contributed by atoms with van der Waals surface area (Å²) in [5, 5.41) is 14.4. The van der Waals surface area contributed by atoms with Gasteiger partial charge in [-0.2, -0.15) is 0 Å². The van der Waals surface area contributed by atoms with Crippen LogP contribution < -0.4 is 21.1 Å². The fourth-order valence-corrected chi connectivity index (χ4v) is 4.28. The van der Waals surface area contributed by atoms with Crippen molar-refractivity contribution >= 4 is 29.3 Å². The summed E-state index contributed by atoms with van der Waals surface area (Å²) in [5.41, 5.74) is 7.25. The number of nitrogens with one attached hydrogen (secondary N) is 2. The van der Waals surface area contributed by atoms with Crippen LogP contribution in [0, 0.1) is 0 Å². The first kappa shape index (κ1) is 22.5. The Morgan fingerprint density at radius 2 is 2.20 bits per heavy atom. The summed E-state index contributed by atoms with van der Waals surface area (Å²) in [7, 11) is 1.60. The third-order valence-corrected chi connectivity index (χ3v) is 5.88. The van der Waals surface area contributed by atoms with E-state index in [0.717, 1.165) is 12.1 Å². The minimum Gasteiger partial charge on any atom is -0.486 e. The predicted octanol–water partition coefficient (Wildman–Crippen LogP) is 1.72. The number of hydrogen-bond donors (Lipinski definition) is 4. The molecule has 0 aromatic heterocycles. The number of piperidine rings is 1. The molecule has 0 aliphatic carbocycles. The molecule has 2 amide bonds. The molecule has 2 aliphatic heterocycles. The lowest BCUT2D eigenvalue weighted by Gasteiger charge is -2.38. The van der Waals surface area contributed by atoms with Gasteiger partial charge in [0.25, 0.3) is 5.91 Å². The summed E-state index contributed by atoms with van der Waals surface area (Å²) in [5.74, 6) is 0.212. The van der Waals surface area contributed by atoms with Crippen molar-refractivity contribution in [2.45, 2.75) is 44.4 Å². The maximum Gasteiger partial charge on any atom is 0.404 e. The lowest BCUT2D eigenvalue weighted by molar-refractivity contribution is 0.00681. The highest BCUT2D eigenvalue weighted by Gasteiger charge is 2.37. The molecule has 30 heavy (non-hydrogen) atoms. The van der Waals surface area contributed by atoms with E-state index < -0.39 is 11.7 Å². The monoisotopic (exact) mass is 440 g/mol. The van der Waals surface area contributed by atoms with Crippen LogP contribution in [0.25, 0.3) is 0 Å². The number of carbonyl (C=O) groups excluding carboxylic acids is 1. The van der Waals surface area contributed by atoms with Crippen molar-refractivity contribution in [2.75, 3.05) is 39.0 Å². The van der Waals surface area contributed by atoms with Crippen LogP contribution in [0.4, 0.5) is 10.5 Å². The molecular formula is C20H29ClN4O5. The second-order valence-corrected chi connectivity index (χ2v) is 8.75. The highest BCUT2D eigenvalue weighted by molar-refractivity contribution is 6.33. The van der Waals surface area contributed by atoms with Crippen LogP contribution in [0.2, 0.25) is 5.02 Å². The lowest BCUT2D eigenvalue weighted by Crippen LogP contribution is -2.55. The predicted molar refractivity (Wildman–Crippen MR) is 113 cm³/mol. The van der Waals surface area contributed by atoms with E-state index in [1.165, 1.54) is 0 Å². The van der Waals surface area contributed by atoms with Gasteiger partial charge in [-0.25, -0.2) is 4.79 Å². The van der Waals surface area contributed by atoms with Crippen LogP contribution in [0.3, 0.4) is 0 Å². The zero-order chi connectivity index (χ0) is 22.1. The quantitative estimate of drug-likeness (QED) is 0.496. The number of carboxylic acid groups (broad SMARTS) is 1. The van der Waals surface area contributed by atoms with Crippen molar-refractivity contribution in [3.05, 3.63) is 22.2 Å². The normalized spacial score (nSPS) is 22.8. The molecule has 2 aliphatic rings. The Labute approximate surface area is 180 Å². The average molecular weight is 441 g/mol. The molecule has 2 atom stereocenters. The fourth-order valence-electron chi connectivity index (χ4n) is 4.05. The smallest absolute Gasteiger partial charge is 0.404 e. The molecule has 5 N–H and O–H groups in total. The Morgan fingerprint density at radius 1 is 1.47 bits per heavy atom. The van der Waals surface area contributed by atoms with E-state index in [0.29, 0.717) is 54.5 Å². The Kier molecular flexibility index (Phi) is 6.64. The third-order valence-electron chi connectivity index (χ3n) is 5.56. The molecule has 0 bridgehead atoms. The van der Waals surface area contributed by atoms with Gasteiger partial charge < -0.3 is 30.9 Å². The van der Waals surface area contributed by atoms with E-state index in [-0.39, 0.29) is 18.1 Å². The lowest BCUT2D eigenvalue weighted by atomic mass is 9.97. The van der Waals surface area contributed by atoms with Gasteiger partial charge in [0.1, 0.15) is 11.4 Å². The highest BCUT2D eigenvalue weighted by atomic mass is 35.5. The Morgan fingerprint density at radius 3 is 2.87 bits per heavy atom. The molecule has 10 heteroatoms. The topological polar surface area (TPSA) is 126 Å². The van der Waals surface area contributed by atoms with Gasteiger partial charge in [0.15, 0.2) is 0 Å². The molecule has 1 aromatic carbocycles. The van der Waals surface area contributed by atoms with Gasteiger partial charge in [0.2, 0.25) is 0 Å². The number of carbonyl (C=O) groups is 2. The summed E-state index contributed by atoms with van der Waals surface area (Å²) in [6, 6.07) is 1.37. The van der Waals surface area contributed by atoms with Gasteiger partial charge in [0.05, 0.1) is 28.4 Å². The molecular weight excluding hydrogens is 412 g/mol. The van der Waals surface area contributed by atoms with Crippen molar-refractivity contribution in [1.82, 2.24) is 15.5 Å². The molecule has 2 heterocycles. The summed E-state index contributed by atoms with van der Waals surface area (Å²) in [4.78, 5) is 25.8. The number of nitrogen functional groups attached to an aromatic ring is 1. The molecule has 2 unspecified atom stereocenters. The van der Waals surface area contributed by atoms with E-state index in [9.17, 15) is 9.59 Å². The number of fused-ring (bicyclic) bond motifs is 1. The molecule has 1 fully saturated rings. The van der Waals surface area contributed by atoms with Gasteiger partial charge in [-0.15, -0.1) is 0 Å². The standard InChI is InChI=1S/C20H29ClN4O5/c1-20(2)9-12-16(22)13(21)8-11(17(12)30-20)18(26)24-14-4-6-25(10-15(14)29-3)7-5-23-19(27)28/h8,14-15,23H,4-7,9-10,22H2,1-3H3,(H,24,26)(H,27,28). The zero-order valence-corrected chi connectivity index (χ0v) is 18.2. The summed E-state index contributed by atoms with van der Waals surface area (Å²) < 4.78 is 11.6. The van der Waals surface area contributed by atoms with Crippen LogP contribution in [0.1, 0.15) is 36.2 Å². The number of methoxy groups -OCH3 is 1. The minimum atomic E-state index is -1.04. The Balaban J connectivity index is 1.69. The fraction of sp³-hybridized carbons (Fsp3) is 0.600. The number of ether oxygens (including phenoxy) is 2. The number of halogens is 1. The maximum absolute atomic E-state index is 13.1. The van der Waals surface area contributed by atoms with Crippen molar-refractivity contribution in [2.24, 2.45) is 0 Å². The number of benzene rings is 1. The molecule has 0 radical (unpaired) electrons. The number of nitrogens with two attached hydrogens (primary N) is 1. The molecule has 166 valence electrons. The van der Waals surface area contributed by atoms with Gasteiger partial charge in [-0.3, -0.25) is 9.69 Å². The second-order valence-electron chi connectivity index (χ2n) is 8.34. The van der Waals surface area contributed by atoms with Gasteiger partial charge in [0, 0.05) is 45.3 Å². The van der Waals surface area contributed by atoms with Crippen LogP contribution in [-0.2, 0) is 11.2 Å². The SMILES string of the molecule is COC1CN(CCNC(=O)O)CCC1NC(=O)c1cc(Cl)c(N)c2c1OC(C)(C)C2.